The highest BCUT2D eigenvalue weighted by molar-refractivity contribution is 4.74. The summed E-state index contributed by atoms with van der Waals surface area (Å²) in [6, 6.07) is 0. The molecular formula is C10H22O2. The highest BCUT2D eigenvalue weighted by atomic mass is 16.3. The molecule has 0 radical (unpaired) electrons. The average Bonchev–Trinajstić information content (AvgIpc) is 1.98. The van der Waals surface area contributed by atoms with E-state index < -0.39 is 0 Å². The second-order valence-corrected chi connectivity index (χ2v) is 4.18. The van der Waals surface area contributed by atoms with Crippen molar-refractivity contribution < 1.29 is 10.2 Å². The predicted molar refractivity (Wildman–Crippen MR) is 50.8 cm³/mol. The predicted octanol–water partition coefficient (Wildman–Crippen LogP) is 1.52. The third-order valence-electron chi connectivity index (χ3n) is 2.68. The van der Waals surface area contributed by atoms with Crippen LogP contribution in [0.2, 0.25) is 0 Å². The van der Waals surface area contributed by atoms with E-state index in [-0.39, 0.29) is 25.0 Å². The Morgan fingerprint density at radius 3 is 1.08 bits per heavy atom. The van der Waals surface area contributed by atoms with Crippen LogP contribution in [0.1, 0.15) is 27.7 Å². The Kier molecular flexibility index (Phi) is 5.51. The number of hydrogen-bond donors (Lipinski definition) is 2. The van der Waals surface area contributed by atoms with Gasteiger partial charge in [0.05, 0.1) is 0 Å². The minimum absolute atomic E-state index is 0.182. The smallest absolute Gasteiger partial charge is 0.0465 e. The van der Waals surface area contributed by atoms with Crippen LogP contribution in [-0.4, -0.2) is 23.4 Å². The molecule has 0 fully saturated rings. The average molecular weight is 174 g/mol. The second kappa shape index (κ2) is 5.55. The maximum Gasteiger partial charge on any atom is 0.0465 e. The van der Waals surface area contributed by atoms with E-state index in [1.807, 2.05) is 0 Å². The van der Waals surface area contributed by atoms with Crippen LogP contribution in [-0.2, 0) is 0 Å². The fourth-order valence-electron chi connectivity index (χ4n) is 1.68. The van der Waals surface area contributed by atoms with E-state index in [0.717, 1.165) is 0 Å². The Balaban J connectivity index is 4.23. The maximum atomic E-state index is 9.14. The quantitative estimate of drug-likeness (QED) is 0.663. The molecule has 0 saturated carbocycles. The van der Waals surface area contributed by atoms with Crippen molar-refractivity contribution in [2.45, 2.75) is 27.7 Å². The van der Waals surface area contributed by atoms with Gasteiger partial charge in [-0.15, -0.1) is 0 Å². The highest BCUT2D eigenvalue weighted by Crippen LogP contribution is 2.26. The second-order valence-electron chi connectivity index (χ2n) is 4.18. The van der Waals surface area contributed by atoms with E-state index in [1.165, 1.54) is 0 Å². The summed E-state index contributed by atoms with van der Waals surface area (Å²) in [5.74, 6) is 1.34. The maximum absolute atomic E-state index is 9.14. The van der Waals surface area contributed by atoms with Crippen LogP contribution in [0.15, 0.2) is 0 Å². The molecule has 2 heteroatoms. The van der Waals surface area contributed by atoms with Crippen molar-refractivity contribution in [3.63, 3.8) is 0 Å². The third-order valence-corrected chi connectivity index (χ3v) is 2.68. The first kappa shape index (κ1) is 11.9. The van der Waals surface area contributed by atoms with Crippen molar-refractivity contribution in [1.29, 1.82) is 0 Å². The summed E-state index contributed by atoms with van der Waals surface area (Å²) in [6.45, 7) is 8.72. The van der Waals surface area contributed by atoms with E-state index in [9.17, 15) is 0 Å². The molecule has 2 N–H and O–H groups in total. The molecule has 12 heavy (non-hydrogen) atoms. The molecule has 0 aliphatic rings. The van der Waals surface area contributed by atoms with E-state index in [0.29, 0.717) is 11.8 Å². The van der Waals surface area contributed by atoms with Gasteiger partial charge in [-0.2, -0.15) is 0 Å². The topological polar surface area (TPSA) is 40.5 Å². The lowest BCUT2D eigenvalue weighted by atomic mass is 9.78. The lowest BCUT2D eigenvalue weighted by molar-refractivity contribution is 0.0633. The standard InChI is InChI=1S/C10H22O2/c1-7(2)9(5-11)10(6-12)8(3)4/h7-12H,5-6H2,1-4H3. The number of hydrogen-bond acceptors (Lipinski definition) is 2. The van der Waals surface area contributed by atoms with E-state index >= 15 is 0 Å². The van der Waals surface area contributed by atoms with Crippen LogP contribution in [0.5, 0.6) is 0 Å². The molecule has 0 heterocycles. The molecule has 0 rings (SSSR count). The van der Waals surface area contributed by atoms with E-state index in [4.69, 9.17) is 10.2 Å². The van der Waals surface area contributed by atoms with Gasteiger partial charge in [0.25, 0.3) is 0 Å². The lowest BCUT2D eigenvalue weighted by Crippen LogP contribution is -2.30. The normalized spacial score (nSPS) is 17.0. The fourth-order valence-corrected chi connectivity index (χ4v) is 1.68. The van der Waals surface area contributed by atoms with Gasteiger partial charge in [0.1, 0.15) is 0 Å². The van der Waals surface area contributed by atoms with Crippen molar-refractivity contribution >= 4 is 0 Å². The number of aliphatic hydroxyl groups is 2. The molecule has 74 valence electrons. The zero-order valence-corrected chi connectivity index (χ0v) is 8.62. The van der Waals surface area contributed by atoms with Gasteiger partial charge in [-0.05, 0) is 23.7 Å². The summed E-state index contributed by atoms with van der Waals surface area (Å²) in [6.07, 6.45) is 0. The minimum atomic E-state index is 0.182. The summed E-state index contributed by atoms with van der Waals surface area (Å²) in [7, 11) is 0. The van der Waals surface area contributed by atoms with Gasteiger partial charge < -0.3 is 10.2 Å². The molecule has 2 atom stereocenters. The van der Waals surface area contributed by atoms with Crippen molar-refractivity contribution in [1.82, 2.24) is 0 Å². The fraction of sp³-hybridized carbons (Fsp3) is 1.00. The third kappa shape index (κ3) is 3.11. The van der Waals surface area contributed by atoms with Crippen LogP contribution >= 0.6 is 0 Å². The van der Waals surface area contributed by atoms with Gasteiger partial charge in [0, 0.05) is 13.2 Å². The van der Waals surface area contributed by atoms with Crippen LogP contribution in [0.3, 0.4) is 0 Å². The largest absolute Gasteiger partial charge is 0.396 e. The Labute approximate surface area is 75.6 Å². The zero-order valence-electron chi connectivity index (χ0n) is 8.62. The molecule has 0 spiro atoms. The first-order valence-corrected chi connectivity index (χ1v) is 4.76. The molecule has 0 aliphatic heterocycles. The Hall–Kier alpha value is -0.0800. The minimum Gasteiger partial charge on any atom is -0.396 e. The SMILES string of the molecule is CC(C)C(CO)C(CO)C(C)C. The summed E-state index contributed by atoms with van der Waals surface area (Å²) >= 11 is 0. The molecule has 2 unspecified atom stereocenters. The van der Waals surface area contributed by atoms with E-state index in [1.54, 1.807) is 0 Å². The van der Waals surface area contributed by atoms with Gasteiger partial charge in [-0.25, -0.2) is 0 Å². The van der Waals surface area contributed by atoms with Gasteiger partial charge in [-0.3, -0.25) is 0 Å². The Morgan fingerprint density at radius 1 is 0.750 bits per heavy atom. The Bertz CT molecular complexity index is 96.4. The molecule has 0 aromatic heterocycles. The molecule has 0 aromatic carbocycles. The zero-order chi connectivity index (χ0) is 9.72. The molecule has 0 aromatic rings. The monoisotopic (exact) mass is 174 g/mol. The number of aliphatic hydroxyl groups excluding tert-OH is 2. The van der Waals surface area contributed by atoms with Crippen molar-refractivity contribution in [2.75, 3.05) is 13.2 Å². The van der Waals surface area contributed by atoms with E-state index in [2.05, 4.69) is 27.7 Å². The van der Waals surface area contributed by atoms with Crippen molar-refractivity contribution in [3.05, 3.63) is 0 Å². The number of rotatable bonds is 5. The van der Waals surface area contributed by atoms with Gasteiger partial charge >= 0.3 is 0 Å². The molecular weight excluding hydrogens is 152 g/mol. The summed E-state index contributed by atoms with van der Waals surface area (Å²) in [5.41, 5.74) is 0. The molecule has 2 nitrogen and oxygen atoms in total. The van der Waals surface area contributed by atoms with Crippen LogP contribution < -0.4 is 0 Å². The van der Waals surface area contributed by atoms with Gasteiger partial charge in [0.2, 0.25) is 0 Å². The first-order chi connectivity index (χ1) is 5.54. The highest BCUT2D eigenvalue weighted by Gasteiger charge is 2.25. The lowest BCUT2D eigenvalue weighted by Gasteiger charge is -2.30. The first-order valence-electron chi connectivity index (χ1n) is 4.76. The van der Waals surface area contributed by atoms with Crippen LogP contribution in [0, 0.1) is 23.7 Å². The van der Waals surface area contributed by atoms with Gasteiger partial charge in [0.15, 0.2) is 0 Å². The molecule has 0 saturated heterocycles. The molecule has 0 bridgehead atoms. The van der Waals surface area contributed by atoms with Crippen molar-refractivity contribution in [2.24, 2.45) is 23.7 Å². The summed E-state index contributed by atoms with van der Waals surface area (Å²) < 4.78 is 0. The summed E-state index contributed by atoms with van der Waals surface area (Å²) in [5, 5.41) is 18.3. The summed E-state index contributed by atoms with van der Waals surface area (Å²) in [4.78, 5) is 0. The molecule has 0 amide bonds. The van der Waals surface area contributed by atoms with Crippen molar-refractivity contribution in [3.8, 4) is 0 Å². The Morgan fingerprint density at radius 2 is 1.00 bits per heavy atom. The van der Waals surface area contributed by atoms with Crippen LogP contribution in [0.4, 0.5) is 0 Å². The van der Waals surface area contributed by atoms with Crippen LogP contribution in [0.25, 0.3) is 0 Å². The molecule has 0 aliphatic carbocycles. The van der Waals surface area contributed by atoms with Gasteiger partial charge in [-0.1, -0.05) is 27.7 Å².